The molecule has 2 aromatic rings. The second-order valence-electron chi connectivity index (χ2n) is 6.96. The van der Waals surface area contributed by atoms with Crippen molar-refractivity contribution in [3.8, 4) is 0 Å². The minimum atomic E-state index is -0.565. The fraction of sp³-hybridized carbons (Fsp3) is 0.318. The fourth-order valence-electron chi connectivity index (χ4n) is 3.82. The molecule has 5 nitrogen and oxygen atoms in total. The Hall–Kier alpha value is -2.54. The van der Waals surface area contributed by atoms with Gasteiger partial charge in [-0.2, -0.15) is 0 Å². The van der Waals surface area contributed by atoms with Gasteiger partial charge >= 0.3 is 0 Å². The Kier molecular flexibility index (Phi) is 6.92. The summed E-state index contributed by atoms with van der Waals surface area (Å²) < 4.78 is 13.4. The summed E-state index contributed by atoms with van der Waals surface area (Å²) in [5, 5.41) is 18.1. The molecule has 0 fully saturated rings. The van der Waals surface area contributed by atoms with E-state index in [1.807, 2.05) is 12.1 Å². The summed E-state index contributed by atoms with van der Waals surface area (Å²) in [4.78, 5) is 13.4. The molecule has 28 heavy (non-hydrogen) atoms. The molecule has 3 N–H and O–H groups in total. The maximum Gasteiger partial charge on any atom is 0.267 e. The average molecular weight is 384 g/mol. The predicted octanol–water partition coefficient (Wildman–Crippen LogP) is 2.87. The second kappa shape index (κ2) is 9.59. The minimum absolute atomic E-state index is 0.0755. The van der Waals surface area contributed by atoms with Gasteiger partial charge in [-0.1, -0.05) is 30.3 Å². The quantitative estimate of drug-likeness (QED) is 0.372. The molecule has 0 heterocycles. The van der Waals surface area contributed by atoms with Gasteiger partial charge in [-0.25, -0.2) is 9.87 Å². The number of aryl methyl sites for hydroxylation is 1. The number of nitrogens with one attached hydrogen (secondary N) is 1. The monoisotopic (exact) mass is 384 g/mol. The molecule has 3 rings (SSSR count). The van der Waals surface area contributed by atoms with Crippen LogP contribution in [0.4, 0.5) is 4.39 Å². The number of hydrogen-bond donors (Lipinski definition) is 3. The van der Waals surface area contributed by atoms with Crippen molar-refractivity contribution in [2.24, 2.45) is 0 Å². The van der Waals surface area contributed by atoms with E-state index in [9.17, 15) is 14.3 Å². The van der Waals surface area contributed by atoms with Gasteiger partial charge in [0.1, 0.15) is 5.82 Å². The summed E-state index contributed by atoms with van der Waals surface area (Å²) in [5.74, 6) is -0.794. The number of rotatable bonds is 8. The Morgan fingerprint density at radius 1 is 1.25 bits per heavy atom. The van der Waals surface area contributed by atoms with E-state index < -0.39 is 5.91 Å². The molecule has 6 heteroatoms. The molecule has 1 aliphatic carbocycles. The number of carbonyl (C=O) groups is 1. The summed E-state index contributed by atoms with van der Waals surface area (Å²) in [5.41, 5.74) is 5.88. The van der Waals surface area contributed by atoms with Crippen LogP contribution < -0.4 is 5.48 Å². The van der Waals surface area contributed by atoms with Gasteiger partial charge in [-0.3, -0.25) is 14.9 Å². The highest BCUT2D eigenvalue weighted by atomic mass is 19.1. The Morgan fingerprint density at radius 2 is 2.11 bits per heavy atom. The lowest BCUT2D eigenvalue weighted by molar-refractivity contribution is -0.124. The molecular weight excluding hydrogens is 359 g/mol. The van der Waals surface area contributed by atoms with Crippen molar-refractivity contribution >= 4 is 12.0 Å². The van der Waals surface area contributed by atoms with E-state index >= 15 is 0 Å². The van der Waals surface area contributed by atoms with Crippen LogP contribution in [0.1, 0.15) is 34.7 Å². The molecule has 1 atom stereocenters. The smallest absolute Gasteiger partial charge is 0.267 e. The largest absolute Gasteiger partial charge is 0.395 e. The van der Waals surface area contributed by atoms with Gasteiger partial charge in [0.05, 0.1) is 6.61 Å². The first-order chi connectivity index (χ1) is 13.6. The van der Waals surface area contributed by atoms with Crippen molar-refractivity contribution in [1.29, 1.82) is 0 Å². The number of fused-ring (bicyclic) bond motifs is 1. The molecular formula is C22H25FN2O3. The molecule has 0 aliphatic heterocycles. The van der Waals surface area contributed by atoms with Gasteiger partial charge in [-0.05, 0) is 59.7 Å². The van der Waals surface area contributed by atoms with Gasteiger partial charge in [0.2, 0.25) is 0 Å². The van der Waals surface area contributed by atoms with Crippen molar-refractivity contribution in [2.75, 3.05) is 19.7 Å². The number of benzene rings is 2. The normalized spacial score (nSPS) is 15.9. The highest BCUT2D eigenvalue weighted by Crippen LogP contribution is 2.36. The van der Waals surface area contributed by atoms with E-state index in [4.69, 9.17) is 5.21 Å². The first-order valence-corrected chi connectivity index (χ1v) is 9.45. The number of aliphatic hydroxyl groups is 1. The second-order valence-corrected chi connectivity index (χ2v) is 6.96. The van der Waals surface area contributed by atoms with Crippen LogP contribution >= 0.6 is 0 Å². The summed E-state index contributed by atoms with van der Waals surface area (Å²) >= 11 is 0. The molecule has 0 radical (unpaired) electrons. The number of nitrogens with zero attached hydrogens (tertiary/aromatic N) is 1. The topological polar surface area (TPSA) is 72.8 Å². The lowest BCUT2D eigenvalue weighted by Gasteiger charge is -2.29. The average Bonchev–Trinajstić information content (AvgIpc) is 3.12. The number of aliphatic hydroxyl groups excluding tert-OH is 1. The standard InChI is InChI=1S/C22H25FN2O3/c23-19-3-1-2-16(15-19)10-11-25(12-13-26)21-8-6-18-14-17(4-7-20(18)21)5-9-22(27)24-28/h1-5,7,9,14-15,21,26,28H,6,8,10-13H2,(H,24,27)/b9-5+. The maximum atomic E-state index is 13.4. The maximum absolute atomic E-state index is 13.4. The number of amides is 1. The van der Waals surface area contributed by atoms with Crippen LogP contribution in [0.5, 0.6) is 0 Å². The first-order valence-electron chi connectivity index (χ1n) is 9.45. The van der Waals surface area contributed by atoms with Gasteiger partial charge in [-0.15, -0.1) is 0 Å². The molecule has 1 unspecified atom stereocenters. The van der Waals surface area contributed by atoms with E-state index in [1.165, 1.54) is 23.3 Å². The Labute approximate surface area is 164 Å². The van der Waals surface area contributed by atoms with Crippen LogP contribution in [0.2, 0.25) is 0 Å². The Balaban J connectivity index is 1.72. The van der Waals surface area contributed by atoms with Crippen LogP contribution in [0, 0.1) is 5.82 Å². The SMILES string of the molecule is O=C(/C=C/c1ccc2c(c1)CCC2N(CCO)CCc1cccc(F)c1)NO. The third-order valence-corrected chi connectivity index (χ3v) is 5.16. The van der Waals surface area contributed by atoms with Crippen LogP contribution in [0.15, 0.2) is 48.5 Å². The van der Waals surface area contributed by atoms with Gasteiger partial charge in [0.25, 0.3) is 5.91 Å². The summed E-state index contributed by atoms with van der Waals surface area (Å²) in [6.07, 6.45) is 5.55. The van der Waals surface area contributed by atoms with Crippen LogP contribution in [0.3, 0.4) is 0 Å². The Morgan fingerprint density at radius 3 is 2.86 bits per heavy atom. The van der Waals surface area contributed by atoms with Gasteiger partial charge < -0.3 is 5.11 Å². The third-order valence-electron chi connectivity index (χ3n) is 5.16. The van der Waals surface area contributed by atoms with E-state index in [0.29, 0.717) is 6.54 Å². The molecule has 0 bridgehead atoms. The molecule has 1 amide bonds. The number of carbonyl (C=O) groups excluding carboxylic acids is 1. The highest BCUT2D eigenvalue weighted by Gasteiger charge is 2.27. The summed E-state index contributed by atoms with van der Waals surface area (Å²) in [6, 6.07) is 12.9. The van der Waals surface area contributed by atoms with Gasteiger partial charge in [0.15, 0.2) is 0 Å². The zero-order valence-electron chi connectivity index (χ0n) is 15.6. The van der Waals surface area contributed by atoms with Gasteiger partial charge in [0, 0.05) is 25.2 Å². The number of halogens is 1. The molecule has 1 aliphatic rings. The summed E-state index contributed by atoms with van der Waals surface area (Å²) in [6.45, 7) is 1.39. The zero-order chi connectivity index (χ0) is 19.9. The van der Waals surface area contributed by atoms with E-state index in [-0.39, 0.29) is 18.5 Å². The number of hydrogen-bond acceptors (Lipinski definition) is 4. The van der Waals surface area contributed by atoms with Crippen molar-refractivity contribution < 1.29 is 19.5 Å². The van der Waals surface area contributed by atoms with Crippen molar-refractivity contribution in [2.45, 2.75) is 25.3 Å². The molecule has 148 valence electrons. The van der Waals surface area contributed by atoms with E-state index in [0.717, 1.165) is 36.9 Å². The molecule has 0 aromatic heterocycles. The van der Waals surface area contributed by atoms with E-state index in [2.05, 4.69) is 17.0 Å². The lowest BCUT2D eigenvalue weighted by atomic mass is 10.0. The number of hydroxylamine groups is 1. The molecule has 0 saturated heterocycles. The highest BCUT2D eigenvalue weighted by molar-refractivity contribution is 5.90. The summed E-state index contributed by atoms with van der Waals surface area (Å²) in [7, 11) is 0. The first kappa shape index (κ1) is 20.2. The predicted molar refractivity (Wildman–Crippen MR) is 105 cm³/mol. The zero-order valence-corrected chi connectivity index (χ0v) is 15.6. The molecule has 0 saturated carbocycles. The van der Waals surface area contributed by atoms with Crippen LogP contribution in [0.25, 0.3) is 6.08 Å². The van der Waals surface area contributed by atoms with Crippen molar-refractivity contribution in [3.05, 3.63) is 76.6 Å². The fourth-order valence-corrected chi connectivity index (χ4v) is 3.82. The van der Waals surface area contributed by atoms with Crippen molar-refractivity contribution in [1.82, 2.24) is 10.4 Å². The van der Waals surface area contributed by atoms with Crippen LogP contribution in [-0.2, 0) is 17.6 Å². The molecule has 0 spiro atoms. The third kappa shape index (κ3) is 5.04. The lowest BCUT2D eigenvalue weighted by Crippen LogP contribution is -2.32. The van der Waals surface area contributed by atoms with Crippen molar-refractivity contribution in [3.63, 3.8) is 0 Å². The Bertz CT molecular complexity index is 853. The van der Waals surface area contributed by atoms with Crippen LogP contribution in [-0.4, -0.2) is 40.8 Å². The van der Waals surface area contributed by atoms with E-state index in [1.54, 1.807) is 23.7 Å². The minimum Gasteiger partial charge on any atom is -0.395 e. The molecule has 2 aromatic carbocycles.